The van der Waals surface area contributed by atoms with Crippen LogP contribution in [0.4, 0.5) is 10.5 Å². The number of fused-ring (bicyclic) bond motifs is 4. The number of carbonyl (C=O) groups excluding carboxylic acids is 2. The third-order valence-corrected chi connectivity index (χ3v) is 15.8. The van der Waals surface area contributed by atoms with Crippen molar-refractivity contribution in [3.63, 3.8) is 0 Å². The van der Waals surface area contributed by atoms with E-state index in [1.54, 1.807) is 20.1 Å². The number of hydrogen-bond acceptors (Lipinski definition) is 9. The van der Waals surface area contributed by atoms with Crippen LogP contribution < -0.4 is 19.7 Å². The molecule has 11 nitrogen and oxygen atoms in total. The average Bonchev–Trinajstić information content (AvgIpc) is 3.31. The highest BCUT2D eigenvalue weighted by atomic mass is 35.5. The molecule has 2 amide bonds. The minimum atomic E-state index is -4.01. The highest BCUT2D eigenvalue weighted by molar-refractivity contribution is 7.90. The fourth-order valence-electron chi connectivity index (χ4n) is 10.0. The lowest BCUT2D eigenvalue weighted by atomic mass is 9.63. The first-order valence-corrected chi connectivity index (χ1v) is 23.3. The molecule has 2 fully saturated rings. The maximum atomic E-state index is 13.7. The zero-order chi connectivity index (χ0) is 41.5. The highest BCUT2D eigenvalue weighted by Crippen LogP contribution is 2.49. The number of rotatable bonds is 5. The predicted molar refractivity (Wildman–Crippen MR) is 228 cm³/mol. The summed E-state index contributed by atoms with van der Waals surface area (Å²) in [7, 11) is -2.23. The van der Waals surface area contributed by atoms with Crippen molar-refractivity contribution in [2.24, 2.45) is 17.8 Å². The van der Waals surface area contributed by atoms with Gasteiger partial charge in [0.05, 0.1) is 17.5 Å². The summed E-state index contributed by atoms with van der Waals surface area (Å²) in [4.78, 5) is 31.2. The van der Waals surface area contributed by atoms with Gasteiger partial charge in [0.2, 0.25) is 10.0 Å². The van der Waals surface area contributed by atoms with Gasteiger partial charge in [-0.15, -0.1) is 0 Å². The molecule has 3 heterocycles. The maximum Gasteiger partial charge on any atom is 0.410 e. The average molecular weight is 840 g/mol. The van der Waals surface area contributed by atoms with Gasteiger partial charge in [-0.1, -0.05) is 36.7 Å². The summed E-state index contributed by atoms with van der Waals surface area (Å²) in [5.41, 5.74) is 1.98. The summed E-state index contributed by atoms with van der Waals surface area (Å²) in [6.07, 6.45) is 12.2. The molecule has 58 heavy (non-hydrogen) atoms. The zero-order valence-electron chi connectivity index (χ0n) is 35.2. The van der Waals surface area contributed by atoms with E-state index in [4.69, 9.17) is 25.8 Å². The number of halogens is 1. The van der Waals surface area contributed by atoms with Gasteiger partial charge < -0.3 is 29.3 Å². The lowest BCUT2D eigenvalue weighted by Crippen LogP contribution is -2.58. The molecule has 2 aromatic carbocycles. The molecule has 0 unspecified atom stereocenters. The van der Waals surface area contributed by atoms with Gasteiger partial charge in [0, 0.05) is 61.9 Å². The van der Waals surface area contributed by atoms with E-state index >= 15 is 0 Å². The number of piperidine rings is 1. The number of anilines is 1. The fourth-order valence-corrected chi connectivity index (χ4v) is 11.5. The van der Waals surface area contributed by atoms with Crippen LogP contribution >= 0.6 is 11.6 Å². The van der Waals surface area contributed by atoms with E-state index in [1.807, 2.05) is 50.8 Å². The van der Waals surface area contributed by atoms with E-state index in [0.717, 1.165) is 62.1 Å². The van der Waals surface area contributed by atoms with Crippen molar-refractivity contribution in [2.75, 3.05) is 51.3 Å². The SMILES string of the molecule is CO[C@]1(CNC[C@H]2CCCCN2C(=O)OC(C)(C)C)/C=C/C[C@H](C)[C@@H](C)S(=O)(=O)NC(=O)c2ccc3c(c2)N(C[C@@H]2CC[C@H]21)C[C@@]1(CCCc2cc(Cl)ccc21)CO3. The lowest BCUT2D eigenvalue weighted by molar-refractivity contribution is -0.0740. The van der Waals surface area contributed by atoms with Crippen LogP contribution in [-0.4, -0.2) is 94.3 Å². The molecule has 1 spiro atoms. The Morgan fingerprint density at radius 3 is 2.64 bits per heavy atom. The minimum Gasteiger partial charge on any atom is -0.490 e. The van der Waals surface area contributed by atoms with Gasteiger partial charge in [0.1, 0.15) is 17.0 Å². The number of nitrogens with one attached hydrogen (secondary N) is 2. The maximum absolute atomic E-state index is 13.7. The number of aryl methyl sites for hydroxylation is 1. The molecule has 0 aromatic heterocycles. The van der Waals surface area contributed by atoms with Crippen LogP contribution in [0.5, 0.6) is 5.75 Å². The van der Waals surface area contributed by atoms with Gasteiger partial charge in [-0.2, -0.15) is 0 Å². The van der Waals surface area contributed by atoms with Crippen LogP contribution in [-0.2, 0) is 31.3 Å². The van der Waals surface area contributed by atoms with Gasteiger partial charge in [-0.05, 0) is 145 Å². The largest absolute Gasteiger partial charge is 0.490 e. The first-order valence-electron chi connectivity index (χ1n) is 21.3. The number of allylic oxidation sites excluding steroid dienone is 1. The molecular formula is C45H63ClN4O7S. The molecule has 2 aromatic rings. The quantitative estimate of drug-likeness (QED) is 0.292. The fraction of sp³-hybridized carbons (Fsp3) is 0.644. The van der Waals surface area contributed by atoms with Crippen molar-refractivity contribution in [1.29, 1.82) is 0 Å². The van der Waals surface area contributed by atoms with Gasteiger partial charge in [0.15, 0.2) is 0 Å². The molecule has 2 aliphatic carbocycles. The number of hydrogen-bond donors (Lipinski definition) is 2. The molecule has 2 bridgehead atoms. The first-order chi connectivity index (χ1) is 27.5. The van der Waals surface area contributed by atoms with E-state index in [9.17, 15) is 18.0 Å². The molecule has 2 N–H and O–H groups in total. The van der Waals surface area contributed by atoms with Crippen LogP contribution in [0.2, 0.25) is 5.02 Å². The van der Waals surface area contributed by atoms with Crippen molar-refractivity contribution in [3.8, 4) is 5.75 Å². The number of amides is 2. The van der Waals surface area contributed by atoms with Crippen LogP contribution in [0, 0.1) is 17.8 Å². The number of likely N-dealkylation sites (tertiary alicyclic amines) is 1. The third-order valence-electron chi connectivity index (χ3n) is 13.6. The second-order valence-electron chi connectivity index (χ2n) is 18.6. The van der Waals surface area contributed by atoms with Crippen molar-refractivity contribution >= 4 is 39.3 Å². The Morgan fingerprint density at radius 1 is 1.09 bits per heavy atom. The molecule has 1 saturated heterocycles. The summed E-state index contributed by atoms with van der Waals surface area (Å²) in [5, 5.41) is 3.65. The van der Waals surface area contributed by atoms with E-state index < -0.39 is 32.4 Å². The predicted octanol–water partition coefficient (Wildman–Crippen LogP) is 7.65. The Bertz CT molecular complexity index is 1990. The number of benzene rings is 2. The molecular weight excluding hydrogens is 776 g/mol. The molecule has 318 valence electrons. The second kappa shape index (κ2) is 17.0. The van der Waals surface area contributed by atoms with Crippen molar-refractivity contribution in [3.05, 3.63) is 70.3 Å². The molecule has 5 aliphatic rings. The first kappa shape index (κ1) is 42.8. The highest BCUT2D eigenvalue weighted by Gasteiger charge is 2.49. The Balaban J connectivity index is 1.23. The molecule has 0 radical (unpaired) electrons. The van der Waals surface area contributed by atoms with Gasteiger partial charge in [0.25, 0.3) is 5.91 Å². The van der Waals surface area contributed by atoms with E-state index in [0.29, 0.717) is 51.5 Å². The third kappa shape index (κ3) is 8.91. The number of sulfonamides is 1. The second-order valence-corrected chi connectivity index (χ2v) is 21.1. The smallest absolute Gasteiger partial charge is 0.410 e. The summed E-state index contributed by atoms with van der Waals surface area (Å²) < 4.78 is 48.8. The van der Waals surface area contributed by atoms with Crippen LogP contribution in [0.1, 0.15) is 107 Å². The number of ether oxygens (including phenoxy) is 3. The van der Waals surface area contributed by atoms with E-state index in [-0.39, 0.29) is 40.9 Å². The standard InChI is InChI=1S/C45H63ClN4O7S/c1-30-11-9-21-45(55-6,27-47-25-36-13-7-8-22-50(36)42(52)57-43(3,4)5)38-17-14-34(38)26-49-28-44(20-10-12-32-23-35(46)16-18-37(32)44)29-56-40-19-15-33(24-39(40)49)41(51)48-58(53,54)31(30)2/h9,15-16,18-19,21,23-24,30-31,34,36,38,47H,7-8,10-14,17,20,22,25-29H2,1-6H3,(H,48,51)/b21-9+/t30-,31+,34-,36+,38+,44-,45-/m0/s1. The monoisotopic (exact) mass is 838 g/mol. The molecule has 1 saturated carbocycles. The zero-order valence-corrected chi connectivity index (χ0v) is 36.7. The minimum absolute atomic E-state index is 0.00149. The summed E-state index contributed by atoms with van der Waals surface area (Å²) in [6, 6.07) is 11.5. The summed E-state index contributed by atoms with van der Waals surface area (Å²) in [6.45, 7) is 12.9. The van der Waals surface area contributed by atoms with Gasteiger partial charge in [-0.3, -0.25) is 4.79 Å². The molecule has 7 atom stereocenters. The lowest BCUT2D eigenvalue weighted by Gasteiger charge is -2.51. The Kier molecular flexibility index (Phi) is 12.5. The van der Waals surface area contributed by atoms with Crippen molar-refractivity contribution < 1.29 is 32.2 Å². The number of methoxy groups -OCH3 is 1. The van der Waals surface area contributed by atoms with E-state index in [1.165, 1.54) is 11.1 Å². The number of carbonyl (C=O) groups is 2. The van der Waals surface area contributed by atoms with Crippen LogP contribution in [0.3, 0.4) is 0 Å². The normalized spacial score (nSPS) is 31.8. The summed E-state index contributed by atoms with van der Waals surface area (Å²) in [5.74, 6) is 0.150. The van der Waals surface area contributed by atoms with Crippen LogP contribution in [0.15, 0.2) is 48.6 Å². The van der Waals surface area contributed by atoms with Crippen molar-refractivity contribution in [1.82, 2.24) is 14.9 Å². The molecule has 7 rings (SSSR count). The Hall–Kier alpha value is -3.32. The summed E-state index contributed by atoms with van der Waals surface area (Å²) >= 11 is 6.51. The van der Waals surface area contributed by atoms with Crippen LogP contribution in [0.25, 0.3) is 0 Å². The Labute approximate surface area is 350 Å². The van der Waals surface area contributed by atoms with Gasteiger partial charge >= 0.3 is 6.09 Å². The topological polar surface area (TPSA) is 127 Å². The molecule has 13 heteroatoms. The van der Waals surface area contributed by atoms with E-state index in [2.05, 4.69) is 39.2 Å². The van der Waals surface area contributed by atoms with Gasteiger partial charge in [-0.25, -0.2) is 17.9 Å². The molecule has 3 aliphatic heterocycles. The number of nitrogens with zero attached hydrogens (tertiary/aromatic N) is 2. The van der Waals surface area contributed by atoms with Crippen molar-refractivity contribution in [2.45, 2.75) is 120 Å². The Morgan fingerprint density at radius 2 is 1.90 bits per heavy atom.